The summed E-state index contributed by atoms with van der Waals surface area (Å²) in [6.45, 7) is 0. The number of benzene rings is 1. The Morgan fingerprint density at radius 1 is 1.06 bits per heavy atom. The van der Waals surface area contributed by atoms with Gasteiger partial charge in [-0.15, -0.1) is 11.6 Å². The van der Waals surface area contributed by atoms with Crippen molar-refractivity contribution >= 4 is 69.6 Å². The maximum Gasteiger partial charge on any atom is 0.193 e. The van der Waals surface area contributed by atoms with E-state index < -0.39 is 9.39 Å². The molecule has 0 aliphatic heterocycles. The molecule has 1 nitrogen and oxygen atoms in total. The van der Waals surface area contributed by atoms with Crippen LogP contribution in [0.3, 0.4) is 0 Å². The van der Waals surface area contributed by atoms with Gasteiger partial charge in [0, 0.05) is 6.42 Å². The predicted octanol–water partition coefficient (Wildman–Crippen LogP) is 5.18. The molecule has 0 fully saturated rings. The summed E-state index contributed by atoms with van der Waals surface area (Å²) in [7, 11) is 0. The largest absolute Gasteiger partial charge is 0.384 e. The van der Waals surface area contributed by atoms with E-state index in [-0.39, 0.29) is 12.3 Å². The highest BCUT2D eigenvalue weighted by Gasteiger charge is 2.37. The first kappa shape index (κ1) is 16.0. The van der Waals surface area contributed by atoms with E-state index in [0.29, 0.717) is 15.6 Å². The van der Waals surface area contributed by atoms with Gasteiger partial charge in [0.15, 0.2) is 3.79 Å². The smallest absolute Gasteiger partial charge is 0.193 e. The third-order valence-corrected chi connectivity index (χ3v) is 3.75. The molecule has 0 radical (unpaired) electrons. The maximum absolute atomic E-state index is 10.4. The van der Waals surface area contributed by atoms with Gasteiger partial charge in [0.25, 0.3) is 0 Å². The summed E-state index contributed by atoms with van der Waals surface area (Å²) in [5.41, 5.74) is -1.02. The molecule has 0 aliphatic rings. The molecule has 7 heteroatoms. The Morgan fingerprint density at radius 2 is 1.65 bits per heavy atom. The van der Waals surface area contributed by atoms with Crippen molar-refractivity contribution in [3.8, 4) is 0 Å². The molecule has 96 valence electrons. The molecule has 1 N–H and O–H groups in total. The van der Waals surface area contributed by atoms with Crippen molar-refractivity contribution in [2.24, 2.45) is 0 Å². The first-order chi connectivity index (χ1) is 7.68. The molecule has 1 aromatic carbocycles. The third-order valence-electron chi connectivity index (χ3n) is 2.17. The minimum Gasteiger partial charge on any atom is -0.384 e. The Kier molecular flexibility index (Phi) is 5.56. The monoisotopic (exact) mass is 354 g/mol. The lowest BCUT2D eigenvalue weighted by Gasteiger charge is -2.29. The molecule has 0 saturated carbocycles. The van der Waals surface area contributed by atoms with Crippen LogP contribution in [0.4, 0.5) is 0 Å². The predicted molar refractivity (Wildman–Crippen MR) is 76.0 cm³/mol. The van der Waals surface area contributed by atoms with Gasteiger partial charge in [-0.2, -0.15) is 0 Å². The van der Waals surface area contributed by atoms with Crippen molar-refractivity contribution in [1.82, 2.24) is 0 Å². The Hall–Kier alpha value is 0.920. The fraction of sp³-hybridized carbons (Fsp3) is 0.400. The molecule has 0 saturated heterocycles. The SMILES string of the molecule is OC(CCl)(CC(Cl)(Cl)Cl)c1ccc(Cl)c(Cl)c1. The zero-order valence-corrected chi connectivity index (χ0v) is 12.9. The molecule has 0 amide bonds. The van der Waals surface area contributed by atoms with Gasteiger partial charge >= 0.3 is 0 Å². The highest BCUT2D eigenvalue weighted by atomic mass is 35.6. The summed E-state index contributed by atoms with van der Waals surface area (Å²) >= 11 is 34.4. The van der Waals surface area contributed by atoms with Gasteiger partial charge in [-0.1, -0.05) is 64.1 Å². The molecular weight excluding hydrogens is 349 g/mol. The average Bonchev–Trinajstić information content (AvgIpc) is 2.19. The summed E-state index contributed by atoms with van der Waals surface area (Å²) in [5.74, 6) is -0.126. The molecule has 0 aliphatic carbocycles. The van der Waals surface area contributed by atoms with Crippen LogP contribution in [-0.4, -0.2) is 14.8 Å². The summed E-state index contributed by atoms with van der Waals surface area (Å²) in [5, 5.41) is 11.0. The van der Waals surface area contributed by atoms with E-state index >= 15 is 0 Å². The molecule has 1 atom stereocenters. The Balaban J connectivity index is 3.11. The molecule has 0 spiro atoms. The normalized spacial score (nSPS) is 15.7. The first-order valence-electron chi connectivity index (χ1n) is 4.48. The molecule has 0 heterocycles. The van der Waals surface area contributed by atoms with Crippen molar-refractivity contribution in [1.29, 1.82) is 0 Å². The van der Waals surface area contributed by atoms with Crippen LogP contribution in [0.15, 0.2) is 18.2 Å². The van der Waals surface area contributed by atoms with Crippen LogP contribution in [0.5, 0.6) is 0 Å². The highest BCUT2D eigenvalue weighted by Crippen LogP contribution is 2.41. The summed E-state index contributed by atoms with van der Waals surface area (Å²) < 4.78 is -1.62. The van der Waals surface area contributed by atoms with Crippen molar-refractivity contribution in [3.63, 3.8) is 0 Å². The lowest BCUT2D eigenvalue weighted by Crippen LogP contribution is -2.32. The van der Waals surface area contributed by atoms with E-state index in [2.05, 4.69) is 0 Å². The molecule has 0 bridgehead atoms. The second kappa shape index (κ2) is 5.92. The van der Waals surface area contributed by atoms with Gasteiger partial charge in [0.2, 0.25) is 0 Å². The first-order valence-corrected chi connectivity index (χ1v) is 6.91. The van der Waals surface area contributed by atoms with E-state index in [4.69, 9.17) is 69.6 Å². The van der Waals surface area contributed by atoms with Crippen molar-refractivity contribution < 1.29 is 5.11 Å². The van der Waals surface area contributed by atoms with Crippen molar-refractivity contribution in [3.05, 3.63) is 33.8 Å². The average molecular weight is 357 g/mol. The van der Waals surface area contributed by atoms with Gasteiger partial charge in [0.1, 0.15) is 5.60 Å². The number of alkyl halides is 4. The Morgan fingerprint density at radius 3 is 2.06 bits per heavy atom. The fourth-order valence-electron chi connectivity index (χ4n) is 1.34. The van der Waals surface area contributed by atoms with Crippen LogP contribution in [-0.2, 0) is 5.60 Å². The fourth-order valence-corrected chi connectivity index (χ4v) is 2.55. The second-order valence-corrected chi connectivity index (χ2v) is 7.18. The Bertz CT molecular complexity index is 402. The van der Waals surface area contributed by atoms with Crippen LogP contribution < -0.4 is 0 Å². The number of hydrogen-bond acceptors (Lipinski definition) is 1. The van der Waals surface area contributed by atoms with Gasteiger partial charge in [-0.25, -0.2) is 0 Å². The molecular formula is C10H8Cl6O. The number of hydrogen-bond donors (Lipinski definition) is 1. The van der Waals surface area contributed by atoms with Crippen LogP contribution in [0, 0.1) is 0 Å². The van der Waals surface area contributed by atoms with Gasteiger partial charge < -0.3 is 5.11 Å². The van der Waals surface area contributed by atoms with E-state index in [1.165, 1.54) is 6.07 Å². The van der Waals surface area contributed by atoms with Gasteiger partial charge in [0.05, 0.1) is 15.9 Å². The van der Waals surface area contributed by atoms with Crippen molar-refractivity contribution in [2.75, 3.05) is 5.88 Å². The van der Waals surface area contributed by atoms with Crippen LogP contribution >= 0.6 is 69.6 Å². The highest BCUT2D eigenvalue weighted by molar-refractivity contribution is 6.67. The van der Waals surface area contributed by atoms with E-state index in [1.54, 1.807) is 12.1 Å². The van der Waals surface area contributed by atoms with Crippen molar-refractivity contribution in [2.45, 2.75) is 15.8 Å². The molecule has 1 rings (SSSR count). The zero-order valence-electron chi connectivity index (χ0n) is 8.36. The lowest BCUT2D eigenvalue weighted by molar-refractivity contribution is 0.0529. The Labute approximate surface area is 130 Å². The van der Waals surface area contributed by atoms with E-state index in [0.717, 1.165) is 0 Å². The van der Waals surface area contributed by atoms with Gasteiger partial charge in [-0.3, -0.25) is 0 Å². The lowest BCUT2D eigenvalue weighted by atomic mass is 9.93. The minimum atomic E-state index is -1.62. The molecule has 0 aromatic heterocycles. The third kappa shape index (κ3) is 4.50. The van der Waals surface area contributed by atoms with Crippen LogP contribution in [0.1, 0.15) is 12.0 Å². The minimum absolute atomic E-state index is 0.126. The maximum atomic E-state index is 10.4. The van der Waals surface area contributed by atoms with E-state index in [1.807, 2.05) is 0 Å². The zero-order chi connectivity index (χ0) is 13.3. The summed E-state index contributed by atoms with van der Waals surface area (Å²) in [4.78, 5) is 0. The summed E-state index contributed by atoms with van der Waals surface area (Å²) in [6, 6.07) is 4.64. The van der Waals surface area contributed by atoms with Crippen LogP contribution in [0.25, 0.3) is 0 Å². The van der Waals surface area contributed by atoms with E-state index in [9.17, 15) is 5.11 Å². The topological polar surface area (TPSA) is 20.2 Å². The second-order valence-electron chi connectivity index (χ2n) is 3.59. The van der Waals surface area contributed by atoms with Crippen LogP contribution in [0.2, 0.25) is 10.0 Å². The number of halogens is 6. The molecule has 1 aromatic rings. The molecule has 1 unspecified atom stereocenters. The standard InChI is InChI=1S/C10H8Cl6O/c11-5-9(17,4-10(14,15)16)6-1-2-7(12)8(13)3-6/h1-3,17H,4-5H2. The summed E-state index contributed by atoms with van der Waals surface area (Å²) in [6.07, 6.45) is -0.147. The number of aliphatic hydroxyl groups is 1. The van der Waals surface area contributed by atoms with Gasteiger partial charge in [-0.05, 0) is 17.7 Å². The number of rotatable bonds is 3. The quantitative estimate of drug-likeness (QED) is 0.740. The molecule has 17 heavy (non-hydrogen) atoms.